The monoisotopic (exact) mass is 340 g/mol. The lowest BCUT2D eigenvalue weighted by atomic mass is 9.85. The maximum absolute atomic E-state index is 2.37. The Morgan fingerprint density at radius 2 is 1.26 bits per heavy atom. The molecule has 1 aliphatic carbocycles. The van der Waals surface area contributed by atoms with Gasteiger partial charge in [-0.3, -0.25) is 0 Å². The minimum atomic E-state index is 1.02. The molecule has 1 aliphatic rings. The summed E-state index contributed by atoms with van der Waals surface area (Å²) in [6.07, 6.45) is 7.91. The van der Waals surface area contributed by atoms with Crippen molar-refractivity contribution in [3.8, 4) is 0 Å². The Kier molecular flexibility index (Phi) is 2.38. The fourth-order valence-electron chi connectivity index (χ4n) is 5.25. The molecule has 0 heteroatoms. The van der Waals surface area contributed by atoms with Gasteiger partial charge in [-0.1, -0.05) is 78.9 Å². The van der Waals surface area contributed by atoms with Crippen LogP contribution in [-0.4, -0.2) is 0 Å². The maximum Gasteiger partial charge on any atom is -0.00141 e. The molecule has 0 aliphatic heterocycles. The summed E-state index contributed by atoms with van der Waals surface area (Å²) in [5.74, 6) is 0. The maximum atomic E-state index is 2.37. The molecule has 0 amide bonds. The first-order chi connectivity index (χ1) is 13.4. The minimum absolute atomic E-state index is 1.02. The average molecular weight is 340 g/mol. The molecule has 0 spiro atoms. The van der Waals surface area contributed by atoms with Crippen molar-refractivity contribution < 1.29 is 0 Å². The van der Waals surface area contributed by atoms with E-state index in [4.69, 9.17) is 0 Å². The third kappa shape index (κ3) is 1.60. The zero-order valence-corrected chi connectivity index (χ0v) is 14.8. The van der Waals surface area contributed by atoms with Crippen LogP contribution in [0.5, 0.6) is 0 Å². The van der Waals surface area contributed by atoms with Crippen LogP contribution < -0.4 is 5.22 Å². The molecule has 0 unspecified atom stereocenters. The summed E-state index contributed by atoms with van der Waals surface area (Å²) < 4.78 is 0. The highest BCUT2D eigenvalue weighted by atomic mass is 14.2. The molecule has 0 bridgehead atoms. The molecular formula is C27H16. The quantitative estimate of drug-likeness (QED) is 0.210. The molecule has 0 saturated carbocycles. The van der Waals surface area contributed by atoms with Crippen LogP contribution >= 0.6 is 0 Å². The highest BCUT2D eigenvalue weighted by molar-refractivity contribution is 6.36. The number of rotatable bonds is 0. The van der Waals surface area contributed by atoms with Gasteiger partial charge >= 0.3 is 0 Å². The molecule has 124 valence electrons. The largest absolute Gasteiger partial charge is 0.0801 e. The van der Waals surface area contributed by atoms with Crippen LogP contribution in [0.25, 0.3) is 66.0 Å². The third-order valence-electron chi connectivity index (χ3n) is 6.35. The Labute approximate surface area is 156 Å². The topological polar surface area (TPSA) is 0 Å². The molecule has 0 radical (unpaired) electrons. The predicted molar refractivity (Wildman–Crippen MR) is 118 cm³/mol. The molecule has 6 aromatic rings. The van der Waals surface area contributed by atoms with Gasteiger partial charge in [0.2, 0.25) is 0 Å². The molecule has 0 fully saturated rings. The summed E-state index contributed by atoms with van der Waals surface area (Å²) in [5.41, 5.74) is 1.34. The van der Waals surface area contributed by atoms with Crippen LogP contribution in [0.2, 0.25) is 0 Å². The van der Waals surface area contributed by atoms with Gasteiger partial charge in [-0.25, -0.2) is 0 Å². The van der Waals surface area contributed by atoms with E-state index in [0.29, 0.717) is 0 Å². The molecule has 0 N–H and O–H groups in total. The van der Waals surface area contributed by atoms with Crippen molar-refractivity contribution in [2.24, 2.45) is 0 Å². The molecule has 0 nitrogen and oxygen atoms in total. The van der Waals surface area contributed by atoms with E-state index in [9.17, 15) is 0 Å². The fraction of sp³-hybridized carbons (Fsp3) is 0.0370. The predicted octanol–water partition coefficient (Wildman–Crippen LogP) is 6.81. The second-order valence-corrected chi connectivity index (χ2v) is 7.68. The molecule has 27 heavy (non-hydrogen) atoms. The average Bonchev–Trinajstić information content (AvgIpc) is 2.73. The van der Waals surface area contributed by atoms with Crippen LogP contribution in [-0.2, 0) is 0 Å². The van der Waals surface area contributed by atoms with Gasteiger partial charge in [-0.05, 0) is 77.1 Å². The number of hydrogen-bond acceptors (Lipinski definition) is 0. The van der Waals surface area contributed by atoms with E-state index in [-0.39, 0.29) is 0 Å². The first kappa shape index (κ1) is 13.8. The van der Waals surface area contributed by atoms with Crippen molar-refractivity contribution >= 4 is 66.0 Å². The molecular weight excluding hydrogens is 324 g/mol. The van der Waals surface area contributed by atoms with E-state index in [0.717, 1.165) is 6.42 Å². The summed E-state index contributed by atoms with van der Waals surface area (Å²) in [7, 11) is 0. The lowest BCUT2D eigenvalue weighted by Gasteiger charge is -2.18. The second-order valence-electron chi connectivity index (χ2n) is 7.68. The van der Waals surface area contributed by atoms with Gasteiger partial charge in [0.1, 0.15) is 0 Å². The zero-order valence-electron chi connectivity index (χ0n) is 14.8. The number of hydrogen-bond donors (Lipinski definition) is 0. The van der Waals surface area contributed by atoms with E-state index in [2.05, 4.69) is 85.0 Å². The van der Waals surface area contributed by atoms with Gasteiger partial charge in [0.05, 0.1) is 0 Å². The molecule has 7 rings (SSSR count). The minimum Gasteiger partial charge on any atom is -0.0801 e. The van der Waals surface area contributed by atoms with Gasteiger partial charge in [0, 0.05) is 0 Å². The van der Waals surface area contributed by atoms with Crippen LogP contribution in [0.1, 0.15) is 12.0 Å². The first-order valence-corrected chi connectivity index (χ1v) is 9.61. The summed E-state index contributed by atoms with van der Waals surface area (Å²) in [5, 5.41) is 15.2. The lowest BCUT2D eigenvalue weighted by Crippen LogP contribution is -2.10. The molecule has 6 aromatic carbocycles. The van der Waals surface area contributed by atoms with Crippen molar-refractivity contribution in [1.29, 1.82) is 0 Å². The highest BCUT2D eigenvalue weighted by Crippen LogP contribution is 2.42. The SMILES string of the molecule is C1=Cc2cc3ccc4c5cccc6cccc(c7ccc(c2=CC1)c3c47)c65. The van der Waals surface area contributed by atoms with E-state index in [1.807, 2.05) is 0 Å². The standard InChI is InChI=1S/C27H16/c1-2-8-19-17(5-1)15-18-11-12-23-20-9-3-6-16-7-4-10-21(25(16)20)24-14-13-22(19)26(18)27(23)24/h1,3-15H,2H2. The van der Waals surface area contributed by atoms with Crippen LogP contribution in [0.15, 0.2) is 72.8 Å². The second kappa shape index (κ2) is 4.66. The van der Waals surface area contributed by atoms with Gasteiger partial charge in [-0.2, -0.15) is 0 Å². The molecule has 0 saturated heterocycles. The Morgan fingerprint density at radius 3 is 2.07 bits per heavy atom. The van der Waals surface area contributed by atoms with Gasteiger partial charge in [-0.15, -0.1) is 0 Å². The van der Waals surface area contributed by atoms with Crippen molar-refractivity contribution in [2.75, 3.05) is 0 Å². The molecule has 0 heterocycles. The summed E-state index contributed by atoms with van der Waals surface area (Å²) in [6.45, 7) is 0. The van der Waals surface area contributed by atoms with Crippen molar-refractivity contribution in [3.05, 3.63) is 83.6 Å². The van der Waals surface area contributed by atoms with Crippen molar-refractivity contribution in [3.63, 3.8) is 0 Å². The Hall–Kier alpha value is -3.38. The number of benzene rings is 6. The van der Waals surface area contributed by atoms with Crippen LogP contribution in [0.3, 0.4) is 0 Å². The van der Waals surface area contributed by atoms with Crippen molar-refractivity contribution in [2.45, 2.75) is 6.42 Å². The summed E-state index contributed by atoms with van der Waals surface area (Å²) in [6, 6.07) is 25.1. The van der Waals surface area contributed by atoms with E-state index in [1.165, 1.54) is 64.6 Å². The van der Waals surface area contributed by atoms with E-state index < -0.39 is 0 Å². The fourth-order valence-corrected chi connectivity index (χ4v) is 5.25. The first-order valence-electron chi connectivity index (χ1n) is 9.61. The lowest BCUT2D eigenvalue weighted by molar-refractivity contribution is 1.44. The Morgan fingerprint density at radius 1 is 0.556 bits per heavy atom. The van der Waals surface area contributed by atoms with Crippen molar-refractivity contribution in [1.82, 2.24) is 0 Å². The van der Waals surface area contributed by atoms with Gasteiger partial charge in [0.25, 0.3) is 0 Å². The molecule has 0 atom stereocenters. The Bertz CT molecular complexity index is 1580. The number of fused-ring (bicyclic) bond motifs is 4. The third-order valence-corrected chi connectivity index (χ3v) is 6.35. The summed E-state index contributed by atoms with van der Waals surface area (Å²) >= 11 is 0. The summed E-state index contributed by atoms with van der Waals surface area (Å²) in [4.78, 5) is 0. The molecule has 0 aromatic heterocycles. The van der Waals surface area contributed by atoms with Crippen LogP contribution in [0, 0.1) is 0 Å². The Balaban J connectivity index is 1.89. The normalized spacial score (nSPS) is 13.9. The van der Waals surface area contributed by atoms with E-state index >= 15 is 0 Å². The smallest absolute Gasteiger partial charge is 0.00141 e. The van der Waals surface area contributed by atoms with E-state index in [1.54, 1.807) is 0 Å². The highest BCUT2D eigenvalue weighted by Gasteiger charge is 2.16. The number of allylic oxidation sites excluding steroid dienone is 1. The zero-order chi connectivity index (χ0) is 17.5. The van der Waals surface area contributed by atoms with Crippen LogP contribution in [0.4, 0.5) is 0 Å². The van der Waals surface area contributed by atoms with Gasteiger partial charge in [0.15, 0.2) is 0 Å². The van der Waals surface area contributed by atoms with Gasteiger partial charge < -0.3 is 0 Å².